The topological polar surface area (TPSA) is 66.3 Å². The van der Waals surface area contributed by atoms with E-state index in [1.807, 2.05) is 35.2 Å². The Labute approximate surface area is 129 Å². The van der Waals surface area contributed by atoms with Crippen LogP contribution in [0, 0.1) is 11.8 Å². The SMILES string of the molecule is CC1CC(C(=O)O)CN(c2cnc(-c3ccccc3)cn2)C1. The first-order valence-corrected chi connectivity index (χ1v) is 7.48. The van der Waals surface area contributed by atoms with Crippen LogP contribution in [0.5, 0.6) is 0 Å². The van der Waals surface area contributed by atoms with Gasteiger partial charge in [-0.05, 0) is 12.3 Å². The zero-order chi connectivity index (χ0) is 15.5. The van der Waals surface area contributed by atoms with E-state index in [0.29, 0.717) is 12.5 Å². The molecule has 2 heterocycles. The number of carbonyl (C=O) groups is 1. The average Bonchev–Trinajstić information content (AvgIpc) is 2.55. The van der Waals surface area contributed by atoms with E-state index in [-0.39, 0.29) is 5.92 Å². The fourth-order valence-electron chi connectivity index (χ4n) is 2.96. The number of carboxylic acid groups (broad SMARTS) is 1. The van der Waals surface area contributed by atoms with Crippen molar-refractivity contribution in [3.63, 3.8) is 0 Å². The average molecular weight is 297 g/mol. The lowest BCUT2D eigenvalue weighted by Crippen LogP contribution is -2.43. The Morgan fingerprint density at radius 2 is 1.95 bits per heavy atom. The Balaban J connectivity index is 1.79. The number of carboxylic acids is 1. The fourth-order valence-corrected chi connectivity index (χ4v) is 2.96. The minimum Gasteiger partial charge on any atom is -0.481 e. The molecule has 0 amide bonds. The number of anilines is 1. The molecule has 1 fully saturated rings. The highest BCUT2D eigenvalue weighted by Gasteiger charge is 2.30. The van der Waals surface area contributed by atoms with E-state index in [9.17, 15) is 9.90 Å². The maximum absolute atomic E-state index is 11.3. The van der Waals surface area contributed by atoms with Gasteiger partial charge in [-0.15, -0.1) is 0 Å². The quantitative estimate of drug-likeness (QED) is 0.943. The number of benzene rings is 1. The highest BCUT2D eigenvalue weighted by Crippen LogP contribution is 2.26. The molecule has 0 aliphatic carbocycles. The van der Waals surface area contributed by atoms with Gasteiger partial charge in [0.1, 0.15) is 5.82 Å². The molecule has 2 atom stereocenters. The van der Waals surface area contributed by atoms with E-state index in [2.05, 4.69) is 16.9 Å². The van der Waals surface area contributed by atoms with E-state index < -0.39 is 5.97 Å². The number of aliphatic carboxylic acids is 1. The smallest absolute Gasteiger partial charge is 0.308 e. The van der Waals surface area contributed by atoms with Crippen LogP contribution >= 0.6 is 0 Å². The normalized spacial score (nSPS) is 21.6. The Kier molecular flexibility index (Phi) is 4.04. The van der Waals surface area contributed by atoms with Crippen molar-refractivity contribution >= 4 is 11.8 Å². The van der Waals surface area contributed by atoms with Crippen molar-refractivity contribution in [3.8, 4) is 11.3 Å². The first kappa shape index (κ1) is 14.5. The molecule has 5 heteroatoms. The van der Waals surface area contributed by atoms with E-state index in [1.54, 1.807) is 12.4 Å². The van der Waals surface area contributed by atoms with Gasteiger partial charge in [0, 0.05) is 18.7 Å². The van der Waals surface area contributed by atoms with E-state index >= 15 is 0 Å². The molecule has 2 aromatic rings. The van der Waals surface area contributed by atoms with Crippen LogP contribution in [0.15, 0.2) is 42.7 Å². The van der Waals surface area contributed by atoms with Crippen LogP contribution in [0.1, 0.15) is 13.3 Å². The Morgan fingerprint density at radius 1 is 1.18 bits per heavy atom. The maximum Gasteiger partial charge on any atom is 0.308 e. The molecule has 2 unspecified atom stereocenters. The fraction of sp³-hybridized carbons (Fsp3) is 0.353. The predicted octanol–water partition coefficient (Wildman–Crippen LogP) is 2.69. The summed E-state index contributed by atoms with van der Waals surface area (Å²) in [4.78, 5) is 22.2. The van der Waals surface area contributed by atoms with Crippen molar-refractivity contribution in [1.29, 1.82) is 0 Å². The number of piperidine rings is 1. The lowest BCUT2D eigenvalue weighted by atomic mass is 9.90. The lowest BCUT2D eigenvalue weighted by Gasteiger charge is -2.35. The molecule has 22 heavy (non-hydrogen) atoms. The molecule has 1 saturated heterocycles. The summed E-state index contributed by atoms with van der Waals surface area (Å²) in [7, 11) is 0. The van der Waals surface area contributed by atoms with Crippen LogP contribution in [-0.2, 0) is 4.79 Å². The molecule has 0 saturated carbocycles. The minimum atomic E-state index is -0.731. The van der Waals surface area contributed by atoms with Crippen molar-refractivity contribution in [1.82, 2.24) is 9.97 Å². The highest BCUT2D eigenvalue weighted by molar-refractivity contribution is 5.71. The van der Waals surface area contributed by atoms with Crippen LogP contribution in [0.25, 0.3) is 11.3 Å². The van der Waals surface area contributed by atoms with Gasteiger partial charge in [-0.1, -0.05) is 37.3 Å². The highest BCUT2D eigenvalue weighted by atomic mass is 16.4. The number of rotatable bonds is 3. The Hall–Kier alpha value is -2.43. The molecule has 0 bridgehead atoms. The van der Waals surface area contributed by atoms with Gasteiger partial charge in [0.2, 0.25) is 0 Å². The molecule has 1 N–H and O–H groups in total. The first-order chi connectivity index (χ1) is 10.6. The third-order valence-electron chi connectivity index (χ3n) is 4.04. The second kappa shape index (κ2) is 6.13. The second-order valence-corrected chi connectivity index (χ2v) is 5.91. The van der Waals surface area contributed by atoms with E-state index in [4.69, 9.17) is 0 Å². The summed E-state index contributed by atoms with van der Waals surface area (Å²) in [6.45, 7) is 3.40. The summed E-state index contributed by atoms with van der Waals surface area (Å²) in [6, 6.07) is 9.89. The molecule has 3 rings (SSSR count). The van der Waals surface area contributed by atoms with Crippen molar-refractivity contribution in [2.75, 3.05) is 18.0 Å². The summed E-state index contributed by atoms with van der Waals surface area (Å²) >= 11 is 0. The van der Waals surface area contributed by atoms with Gasteiger partial charge >= 0.3 is 5.97 Å². The summed E-state index contributed by atoms with van der Waals surface area (Å²) < 4.78 is 0. The third kappa shape index (κ3) is 3.08. The van der Waals surface area contributed by atoms with Gasteiger partial charge < -0.3 is 10.0 Å². The predicted molar refractivity (Wildman–Crippen MR) is 84.6 cm³/mol. The summed E-state index contributed by atoms with van der Waals surface area (Å²) in [5, 5.41) is 9.25. The Bertz CT molecular complexity index is 643. The monoisotopic (exact) mass is 297 g/mol. The van der Waals surface area contributed by atoms with Crippen molar-refractivity contribution in [2.24, 2.45) is 11.8 Å². The molecule has 1 aromatic carbocycles. The molecular weight excluding hydrogens is 278 g/mol. The summed E-state index contributed by atoms with van der Waals surface area (Å²) in [6.07, 6.45) is 4.21. The van der Waals surface area contributed by atoms with Gasteiger partial charge in [0.05, 0.1) is 24.0 Å². The zero-order valence-corrected chi connectivity index (χ0v) is 12.5. The number of aromatic nitrogens is 2. The van der Waals surface area contributed by atoms with E-state index in [1.165, 1.54) is 0 Å². The van der Waals surface area contributed by atoms with Crippen LogP contribution in [0.4, 0.5) is 5.82 Å². The largest absolute Gasteiger partial charge is 0.481 e. The minimum absolute atomic E-state index is 0.334. The van der Waals surface area contributed by atoms with Crippen LogP contribution in [0.2, 0.25) is 0 Å². The van der Waals surface area contributed by atoms with Crippen LogP contribution in [0.3, 0.4) is 0 Å². The first-order valence-electron chi connectivity index (χ1n) is 7.48. The van der Waals surface area contributed by atoms with Crippen molar-refractivity contribution in [2.45, 2.75) is 13.3 Å². The van der Waals surface area contributed by atoms with Gasteiger partial charge in [0.25, 0.3) is 0 Å². The van der Waals surface area contributed by atoms with Gasteiger partial charge in [-0.25, -0.2) is 4.98 Å². The molecule has 1 aliphatic rings. The lowest BCUT2D eigenvalue weighted by molar-refractivity contribution is -0.142. The van der Waals surface area contributed by atoms with Crippen molar-refractivity contribution in [3.05, 3.63) is 42.7 Å². The van der Waals surface area contributed by atoms with Crippen LogP contribution < -0.4 is 4.90 Å². The molecule has 1 aliphatic heterocycles. The number of hydrogen-bond donors (Lipinski definition) is 1. The molecular formula is C17H19N3O2. The summed E-state index contributed by atoms with van der Waals surface area (Å²) in [5.74, 6) is 0.0210. The number of hydrogen-bond acceptors (Lipinski definition) is 4. The number of nitrogens with zero attached hydrogens (tertiary/aromatic N) is 3. The summed E-state index contributed by atoms with van der Waals surface area (Å²) in [5.41, 5.74) is 1.85. The zero-order valence-electron chi connectivity index (χ0n) is 12.5. The van der Waals surface area contributed by atoms with Crippen LogP contribution in [-0.4, -0.2) is 34.1 Å². The molecule has 5 nitrogen and oxygen atoms in total. The maximum atomic E-state index is 11.3. The van der Waals surface area contributed by atoms with E-state index in [0.717, 1.165) is 30.0 Å². The molecule has 0 spiro atoms. The van der Waals surface area contributed by atoms with Gasteiger partial charge in [-0.3, -0.25) is 9.78 Å². The molecule has 1 aromatic heterocycles. The Morgan fingerprint density at radius 3 is 2.59 bits per heavy atom. The second-order valence-electron chi connectivity index (χ2n) is 5.91. The standard InChI is InChI=1S/C17H19N3O2/c1-12-7-14(17(21)22)11-20(10-12)16-9-18-15(8-19-16)13-5-3-2-4-6-13/h2-6,8-9,12,14H,7,10-11H2,1H3,(H,21,22). The van der Waals surface area contributed by atoms with Gasteiger partial charge in [0.15, 0.2) is 0 Å². The van der Waals surface area contributed by atoms with Gasteiger partial charge in [-0.2, -0.15) is 0 Å². The molecule has 114 valence electrons. The van der Waals surface area contributed by atoms with Crippen molar-refractivity contribution < 1.29 is 9.90 Å². The molecule has 0 radical (unpaired) electrons. The third-order valence-corrected chi connectivity index (χ3v) is 4.04.